The van der Waals surface area contributed by atoms with E-state index in [2.05, 4.69) is 13.8 Å². The predicted molar refractivity (Wildman–Crippen MR) is 72.5 cm³/mol. The third-order valence-corrected chi connectivity index (χ3v) is 2.59. The van der Waals surface area contributed by atoms with E-state index in [1.54, 1.807) is 13.4 Å². The highest BCUT2D eigenvalue weighted by molar-refractivity contribution is 5.92. The van der Waals surface area contributed by atoms with E-state index in [9.17, 15) is 4.79 Å². The van der Waals surface area contributed by atoms with Crippen LogP contribution >= 0.6 is 0 Å². The zero-order chi connectivity index (χ0) is 13.5. The monoisotopic (exact) mass is 248 g/mol. The molecule has 0 heterocycles. The molecule has 18 heavy (non-hydrogen) atoms. The molecule has 0 aliphatic carbocycles. The van der Waals surface area contributed by atoms with E-state index in [-0.39, 0.29) is 11.9 Å². The molecule has 0 saturated heterocycles. The number of ether oxygens (including phenoxy) is 2. The van der Waals surface area contributed by atoms with E-state index >= 15 is 0 Å². The summed E-state index contributed by atoms with van der Waals surface area (Å²) in [6.07, 6.45) is 3.39. The molecule has 0 bridgehead atoms. The largest absolute Gasteiger partial charge is 0.504 e. The number of hydrogen-bond donors (Lipinski definition) is 0. The highest BCUT2D eigenvalue weighted by Crippen LogP contribution is 2.22. The summed E-state index contributed by atoms with van der Waals surface area (Å²) in [5.41, 5.74) is 2.55. The Balaban J connectivity index is 3.15. The number of hydrogen-bond acceptors (Lipinski definition) is 3. The summed E-state index contributed by atoms with van der Waals surface area (Å²) in [4.78, 5) is 11.9. The Morgan fingerprint density at radius 3 is 2.67 bits per heavy atom. The highest BCUT2D eigenvalue weighted by atomic mass is 16.5. The molecule has 1 aromatic carbocycles. The quantitative estimate of drug-likeness (QED) is 0.590. The van der Waals surface area contributed by atoms with Gasteiger partial charge in [0.05, 0.1) is 25.5 Å². The molecule has 98 valence electrons. The van der Waals surface area contributed by atoms with Gasteiger partial charge in [-0.05, 0) is 36.1 Å². The lowest BCUT2D eigenvalue weighted by atomic mass is 9.95. The maximum atomic E-state index is 11.9. The molecule has 0 aliphatic heterocycles. The SMILES string of the molecule is CCOC(=O)c1cc(C=COC)ccc1C(C)C. The Morgan fingerprint density at radius 2 is 2.11 bits per heavy atom. The van der Waals surface area contributed by atoms with Crippen molar-refractivity contribution in [2.24, 2.45) is 0 Å². The lowest BCUT2D eigenvalue weighted by molar-refractivity contribution is 0.0524. The third-order valence-electron chi connectivity index (χ3n) is 2.59. The van der Waals surface area contributed by atoms with E-state index in [0.717, 1.165) is 11.1 Å². The van der Waals surface area contributed by atoms with Gasteiger partial charge in [-0.15, -0.1) is 0 Å². The fraction of sp³-hybridized carbons (Fsp3) is 0.400. The first kappa shape index (κ1) is 14.3. The van der Waals surface area contributed by atoms with Crippen LogP contribution in [0.3, 0.4) is 0 Å². The van der Waals surface area contributed by atoms with Crippen molar-refractivity contribution in [3.8, 4) is 0 Å². The molecular weight excluding hydrogens is 228 g/mol. The number of carbonyl (C=O) groups is 1. The first-order chi connectivity index (χ1) is 8.60. The first-order valence-corrected chi connectivity index (χ1v) is 6.10. The van der Waals surface area contributed by atoms with Crippen molar-refractivity contribution >= 4 is 12.0 Å². The summed E-state index contributed by atoms with van der Waals surface area (Å²) in [6, 6.07) is 5.77. The van der Waals surface area contributed by atoms with Crippen molar-refractivity contribution in [2.45, 2.75) is 26.7 Å². The Bertz CT molecular complexity index is 433. The minimum atomic E-state index is -0.270. The maximum absolute atomic E-state index is 11.9. The average Bonchev–Trinajstić information content (AvgIpc) is 2.36. The number of carbonyl (C=O) groups excluding carboxylic acids is 1. The van der Waals surface area contributed by atoms with Crippen molar-refractivity contribution in [2.75, 3.05) is 13.7 Å². The zero-order valence-corrected chi connectivity index (χ0v) is 11.4. The van der Waals surface area contributed by atoms with Gasteiger partial charge in [-0.2, -0.15) is 0 Å². The Labute approximate surface area is 108 Å². The summed E-state index contributed by atoms with van der Waals surface area (Å²) >= 11 is 0. The molecule has 0 amide bonds. The Hall–Kier alpha value is -1.77. The van der Waals surface area contributed by atoms with Crippen LogP contribution in [0.15, 0.2) is 24.5 Å². The zero-order valence-electron chi connectivity index (χ0n) is 11.4. The number of esters is 1. The van der Waals surface area contributed by atoms with Crippen LogP contribution in [-0.4, -0.2) is 19.7 Å². The van der Waals surface area contributed by atoms with Gasteiger partial charge >= 0.3 is 5.97 Å². The summed E-state index contributed by atoms with van der Waals surface area (Å²) in [7, 11) is 1.59. The van der Waals surface area contributed by atoms with E-state index in [1.165, 1.54) is 0 Å². The van der Waals surface area contributed by atoms with Crippen LogP contribution < -0.4 is 0 Å². The van der Waals surface area contributed by atoms with Gasteiger partial charge in [0.2, 0.25) is 0 Å². The van der Waals surface area contributed by atoms with Crippen LogP contribution in [0.25, 0.3) is 6.08 Å². The molecule has 0 atom stereocenters. The normalized spacial score (nSPS) is 10.9. The summed E-state index contributed by atoms with van der Waals surface area (Å²) in [5, 5.41) is 0. The van der Waals surface area contributed by atoms with Crippen molar-refractivity contribution in [1.82, 2.24) is 0 Å². The molecule has 0 N–H and O–H groups in total. The number of benzene rings is 1. The molecular formula is C15H20O3. The van der Waals surface area contributed by atoms with E-state index in [0.29, 0.717) is 12.2 Å². The Kier molecular flexibility index (Phi) is 5.43. The van der Waals surface area contributed by atoms with Crippen molar-refractivity contribution in [3.05, 3.63) is 41.2 Å². The van der Waals surface area contributed by atoms with Gasteiger partial charge in [-0.1, -0.05) is 26.0 Å². The van der Waals surface area contributed by atoms with Crippen LogP contribution in [0, 0.1) is 0 Å². The molecule has 0 saturated carbocycles. The van der Waals surface area contributed by atoms with E-state index in [4.69, 9.17) is 9.47 Å². The molecule has 0 radical (unpaired) electrons. The molecule has 0 aliphatic rings. The van der Waals surface area contributed by atoms with Crippen LogP contribution in [0.5, 0.6) is 0 Å². The molecule has 0 aromatic heterocycles. The van der Waals surface area contributed by atoms with Gasteiger partial charge in [0.25, 0.3) is 0 Å². The van der Waals surface area contributed by atoms with Crippen LogP contribution in [0.2, 0.25) is 0 Å². The summed E-state index contributed by atoms with van der Waals surface area (Å²) in [6.45, 7) is 6.31. The van der Waals surface area contributed by atoms with Gasteiger partial charge in [-0.3, -0.25) is 0 Å². The molecule has 1 aromatic rings. The van der Waals surface area contributed by atoms with Crippen molar-refractivity contribution in [1.29, 1.82) is 0 Å². The first-order valence-electron chi connectivity index (χ1n) is 6.10. The lowest BCUT2D eigenvalue weighted by Crippen LogP contribution is -2.09. The topological polar surface area (TPSA) is 35.5 Å². The molecule has 0 fully saturated rings. The average molecular weight is 248 g/mol. The second-order valence-corrected chi connectivity index (χ2v) is 4.26. The van der Waals surface area contributed by atoms with Crippen LogP contribution in [0.4, 0.5) is 0 Å². The molecule has 1 rings (SSSR count). The standard InChI is InChI=1S/C15H20O3/c1-5-18-15(16)14-10-12(8-9-17-4)6-7-13(14)11(2)3/h6-11H,5H2,1-4H3. The van der Waals surface area contributed by atoms with Gasteiger partial charge < -0.3 is 9.47 Å². The minimum Gasteiger partial charge on any atom is -0.504 e. The Morgan fingerprint density at radius 1 is 1.39 bits per heavy atom. The van der Waals surface area contributed by atoms with Gasteiger partial charge in [0.1, 0.15) is 0 Å². The molecule has 3 heteroatoms. The summed E-state index contributed by atoms with van der Waals surface area (Å²) in [5.74, 6) is 0.0127. The highest BCUT2D eigenvalue weighted by Gasteiger charge is 2.15. The number of rotatable bonds is 5. The van der Waals surface area contributed by atoms with E-state index in [1.807, 2.05) is 31.2 Å². The van der Waals surface area contributed by atoms with Gasteiger partial charge in [0.15, 0.2) is 0 Å². The van der Waals surface area contributed by atoms with Crippen molar-refractivity contribution in [3.63, 3.8) is 0 Å². The lowest BCUT2D eigenvalue weighted by Gasteiger charge is -2.12. The predicted octanol–water partition coefficient (Wildman–Crippen LogP) is 3.60. The van der Waals surface area contributed by atoms with E-state index < -0.39 is 0 Å². The van der Waals surface area contributed by atoms with Gasteiger partial charge in [-0.25, -0.2) is 4.79 Å². The fourth-order valence-corrected chi connectivity index (χ4v) is 1.71. The van der Waals surface area contributed by atoms with Crippen LogP contribution in [0.1, 0.15) is 48.2 Å². The number of methoxy groups -OCH3 is 1. The molecule has 3 nitrogen and oxygen atoms in total. The fourth-order valence-electron chi connectivity index (χ4n) is 1.71. The second-order valence-electron chi connectivity index (χ2n) is 4.26. The smallest absolute Gasteiger partial charge is 0.338 e. The minimum absolute atomic E-state index is 0.270. The molecule has 0 spiro atoms. The molecule has 0 unspecified atom stereocenters. The summed E-state index contributed by atoms with van der Waals surface area (Å²) < 4.78 is 9.96. The van der Waals surface area contributed by atoms with Crippen LogP contribution in [-0.2, 0) is 9.47 Å². The third kappa shape index (κ3) is 3.62. The maximum Gasteiger partial charge on any atom is 0.338 e. The van der Waals surface area contributed by atoms with Gasteiger partial charge in [0, 0.05) is 0 Å². The van der Waals surface area contributed by atoms with Crippen molar-refractivity contribution < 1.29 is 14.3 Å². The second kappa shape index (κ2) is 6.84.